The third kappa shape index (κ3) is 4.25. The van der Waals surface area contributed by atoms with Gasteiger partial charge < -0.3 is 11.1 Å². The van der Waals surface area contributed by atoms with Gasteiger partial charge in [-0.15, -0.1) is 0 Å². The lowest BCUT2D eigenvalue weighted by Gasteiger charge is -2.13. The number of nitrogens with two attached hydrogens (primary N) is 1. The van der Waals surface area contributed by atoms with Crippen molar-refractivity contribution in [3.63, 3.8) is 0 Å². The molecule has 1 heterocycles. The van der Waals surface area contributed by atoms with E-state index in [1.807, 2.05) is 24.3 Å². The second-order valence-corrected chi connectivity index (χ2v) is 5.23. The third-order valence-electron chi connectivity index (χ3n) is 2.84. The van der Waals surface area contributed by atoms with Crippen LogP contribution in [0.1, 0.15) is 17.4 Å². The van der Waals surface area contributed by atoms with Crippen molar-refractivity contribution in [1.82, 2.24) is 10.3 Å². The summed E-state index contributed by atoms with van der Waals surface area (Å²) in [5.41, 5.74) is 7.12. The Morgan fingerprint density at radius 2 is 2.00 bits per heavy atom. The fraction of sp³-hybridized carbons (Fsp3) is 0.0625. The highest BCUT2D eigenvalue weighted by Gasteiger charge is 2.14. The van der Waals surface area contributed by atoms with Crippen molar-refractivity contribution in [3.05, 3.63) is 70.0 Å². The van der Waals surface area contributed by atoms with Gasteiger partial charge in [-0.1, -0.05) is 36.4 Å². The summed E-state index contributed by atoms with van der Waals surface area (Å²) >= 11 is 3.24. The smallest absolute Gasteiger partial charge is 0.263 e. The fourth-order valence-corrected chi connectivity index (χ4v) is 2.12. The number of amides is 1. The average molecular weight is 357 g/mol. The largest absolute Gasteiger partial charge is 0.332 e. The van der Waals surface area contributed by atoms with Crippen LogP contribution in [0.15, 0.2) is 58.7 Å². The van der Waals surface area contributed by atoms with Crippen molar-refractivity contribution in [3.8, 4) is 6.07 Å². The number of hydrogen-bond acceptors (Lipinski definition) is 4. The van der Waals surface area contributed by atoms with Crippen LogP contribution in [0.4, 0.5) is 0 Å². The van der Waals surface area contributed by atoms with Gasteiger partial charge >= 0.3 is 0 Å². The van der Waals surface area contributed by atoms with E-state index in [0.29, 0.717) is 10.3 Å². The Balaban J connectivity index is 2.14. The fourth-order valence-electron chi connectivity index (χ4n) is 1.76. The van der Waals surface area contributed by atoms with Gasteiger partial charge in [0.05, 0.1) is 5.69 Å². The predicted molar refractivity (Wildman–Crippen MR) is 87.0 cm³/mol. The van der Waals surface area contributed by atoms with Crippen molar-refractivity contribution in [1.29, 1.82) is 5.26 Å². The third-order valence-corrected chi connectivity index (χ3v) is 3.28. The molecule has 3 N–H and O–H groups in total. The van der Waals surface area contributed by atoms with E-state index < -0.39 is 12.1 Å². The summed E-state index contributed by atoms with van der Waals surface area (Å²) in [5, 5.41) is 11.7. The Hall–Kier alpha value is -2.49. The first-order valence-electron chi connectivity index (χ1n) is 6.46. The maximum Gasteiger partial charge on any atom is 0.263 e. The molecular weight excluding hydrogens is 344 g/mol. The first-order chi connectivity index (χ1) is 10.6. The van der Waals surface area contributed by atoms with Crippen molar-refractivity contribution in [2.24, 2.45) is 5.73 Å². The van der Waals surface area contributed by atoms with Gasteiger partial charge in [0, 0.05) is 0 Å². The van der Waals surface area contributed by atoms with Crippen LogP contribution in [-0.2, 0) is 4.79 Å². The number of halogens is 1. The summed E-state index contributed by atoms with van der Waals surface area (Å²) in [7, 11) is 0. The summed E-state index contributed by atoms with van der Waals surface area (Å²) in [4.78, 5) is 16.3. The minimum absolute atomic E-state index is 0.0584. The Labute approximate surface area is 136 Å². The van der Waals surface area contributed by atoms with E-state index in [-0.39, 0.29) is 5.57 Å². The minimum Gasteiger partial charge on any atom is -0.332 e. The van der Waals surface area contributed by atoms with Gasteiger partial charge in [-0.3, -0.25) is 4.79 Å². The maximum atomic E-state index is 12.1. The standard InChI is InChI=1S/C16H13BrN4O/c17-14-8-4-7-13(20-14)9-12(10-18)16(22)21-15(19)11-5-2-1-3-6-11/h1-9,15H,19H2,(H,21,22)/b12-9+/t15-/m1/s1. The summed E-state index contributed by atoms with van der Waals surface area (Å²) in [6.45, 7) is 0. The van der Waals surface area contributed by atoms with E-state index in [1.165, 1.54) is 6.08 Å². The van der Waals surface area contributed by atoms with E-state index in [4.69, 9.17) is 11.0 Å². The molecule has 110 valence electrons. The van der Waals surface area contributed by atoms with Gasteiger partial charge in [0.2, 0.25) is 0 Å². The highest BCUT2D eigenvalue weighted by molar-refractivity contribution is 9.10. The zero-order chi connectivity index (χ0) is 15.9. The van der Waals surface area contributed by atoms with E-state index in [9.17, 15) is 4.79 Å². The molecule has 0 aliphatic heterocycles. The lowest BCUT2D eigenvalue weighted by molar-refractivity contribution is -0.117. The molecule has 1 atom stereocenters. The Morgan fingerprint density at radius 1 is 1.27 bits per heavy atom. The van der Waals surface area contributed by atoms with Crippen LogP contribution >= 0.6 is 15.9 Å². The second kappa shape index (κ2) is 7.50. The van der Waals surface area contributed by atoms with E-state index in [1.54, 1.807) is 30.3 Å². The quantitative estimate of drug-likeness (QED) is 0.381. The second-order valence-electron chi connectivity index (χ2n) is 4.42. The highest BCUT2D eigenvalue weighted by Crippen LogP contribution is 2.11. The van der Waals surface area contributed by atoms with E-state index >= 15 is 0 Å². The first kappa shape index (κ1) is 15.9. The molecular formula is C16H13BrN4O. The van der Waals surface area contributed by atoms with Gasteiger partial charge in [0.25, 0.3) is 5.91 Å². The molecule has 0 saturated carbocycles. The van der Waals surface area contributed by atoms with Crippen molar-refractivity contribution in [2.75, 3.05) is 0 Å². The van der Waals surface area contributed by atoms with Crippen LogP contribution in [0.3, 0.4) is 0 Å². The lowest BCUT2D eigenvalue weighted by Crippen LogP contribution is -2.34. The Bertz CT molecular complexity index is 737. The Morgan fingerprint density at radius 3 is 2.64 bits per heavy atom. The van der Waals surface area contributed by atoms with Crippen LogP contribution in [-0.4, -0.2) is 10.9 Å². The van der Waals surface area contributed by atoms with E-state index in [0.717, 1.165) is 5.56 Å². The molecule has 0 aliphatic carbocycles. The van der Waals surface area contributed by atoms with E-state index in [2.05, 4.69) is 26.2 Å². The monoisotopic (exact) mass is 356 g/mol. The molecule has 5 nitrogen and oxygen atoms in total. The molecule has 0 unspecified atom stereocenters. The molecule has 2 aromatic rings. The van der Waals surface area contributed by atoms with Gasteiger partial charge in [0.1, 0.15) is 22.4 Å². The zero-order valence-electron chi connectivity index (χ0n) is 11.5. The SMILES string of the molecule is N#C/C(=C\c1cccc(Br)n1)C(=O)N[C@@H](N)c1ccccc1. The molecule has 0 saturated heterocycles. The highest BCUT2D eigenvalue weighted by atomic mass is 79.9. The number of benzene rings is 1. The first-order valence-corrected chi connectivity index (χ1v) is 7.25. The van der Waals surface area contributed by atoms with Crippen LogP contribution in [0.25, 0.3) is 6.08 Å². The number of aromatic nitrogens is 1. The lowest BCUT2D eigenvalue weighted by atomic mass is 10.1. The van der Waals surface area contributed by atoms with Crippen LogP contribution < -0.4 is 11.1 Å². The number of hydrogen-bond donors (Lipinski definition) is 2. The summed E-state index contributed by atoms with van der Waals surface area (Å²) in [5.74, 6) is -0.541. The maximum absolute atomic E-state index is 12.1. The molecule has 1 aromatic heterocycles. The summed E-state index contributed by atoms with van der Waals surface area (Å²) in [6, 6.07) is 16.2. The predicted octanol–water partition coefficient (Wildman–Crippen LogP) is 2.52. The molecule has 22 heavy (non-hydrogen) atoms. The van der Waals surface area contributed by atoms with Gasteiger partial charge in [-0.2, -0.15) is 5.26 Å². The molecule has 0 fully saturated rings. The normalized spacial score (nSPS) is 12.3. The Kier molecular flexibility index (Phi) is 5.42. The number of nitrogens with zero attached hydrogens (tertiary/aromatic N) is 2. The molecule has 0 bridgehead atoms. The summed E-state index contributed by atoms with van der Waals surface area (Å²) < 4.78 is 0.625. The number of nitrogens with one attached hydrogen (secondary N) is 1. The molecule has 6 heteroatoms. The molecule has 2 rings (SSSR count). The number of pyridine rings is 1. The summed E-state index contributed by atoms with van der Waals surface area (Å²) in [6.07, 6.45) is 0.735. The van der Waals surface area contributed by atoms with Gasteiger partial charge in [-0.25, -0.2) is 4.98 Å². The number of carbonyl (C=O) groups excluding carboxylic acids is 1. The van der Waals surface area contributed by atoms with Crippen LogP contribution in [0.2, 0.25) is 0 Å². The van der Waals surface area contributed by atoms with Crippen molar-refractivity contribution in [2.45, 2.75) is 6.17 Å². The topological polar surface area (TPSA) is 91.8 Å². The number of carbonyl (C=O) groups is 1. The van der Waals surface area contributed by atoms with Gasteiger partial charge in [-0.05, 0) is 39.7 Å². The molecule has 0 spiro atoms. The van der Waals surface area contributed by atoms with Gasteiger partial charge in [0.15, 0.2) is 0 Å². The van der Waals surface area contributed by atoms with Crippen LogP contribution in [0.5, 0.6) is 0 Å². The van der Waals surface area contributed by atoms with Crippen LogP contribution in [0, 0.1) is 11.3 Å². The van der Waals surface area contributed by atoms with Crippen molar-refractivity contribution < 1.29 is 4.79 Å². The molecule has 0 radical (unpaired) electrons. The molecule has 1 aromatic carbocycles. The van der Waals surface area contributed by atoms with Crippen molar-refractivity contribution >= 4 is 27.9 Å². The zero-order valence-corrected chi connectivity index (χ0v) is 13.1. The average Bonchev–Trinajstić information content (AvgIpc) is 2.53. The number of rotatable bonds is 4. The molecule has 0 aliphatic rings. The molecule has 1 amide bonds. The number of nitriles is 1. The minimum atomic E-state index is -0.680.